The van der Waals surface area contributed by atoms with Gasteiger partial charge in [0.2, 0.25) is 11.8 Å². The zero-order valence-electron chi connectivity index (χ0n) is 19.5. The van der Waals surface area contributed by atoms with Crippen molar-refractivity contribution in [3.63, 3.8) is 0 Å². The molecule has 2 aliphatic rings. The summed E-state index contributed by atoms with van der Waals surface area (Å²) in [4.78, 5) is 43.3. The van der Waals surface area contributed by atoms with Gasteiger partial charge in [0.15, 0.2) is 11.5 Å². The number of aryl methyl sites for hydroxylation is 1. The Morgan fingerprint density at radius 3 is 2.26 bits per heavy atom. The lowest BCUT2D eigenvalue weighted by Gasteiger charge is -2.36. The molecule has 1 unspecified atom stereocenters. The van der Waals surface area contributed by atoms with Gasteiger partial charge in [-0.05, 0) is 42.8 Å². The molecule has 34 heavy (non-hydrogen) atoms. The molecule has 1 atom stereocenters. The number of anilines is 1. The molecule has 0 bridgehead atoms. The van der Waals surface area contributed by atoms with Crippen LogP contribution in [0.25, 0.3) is 0 Å². The van der Waals surface area contributed by atoms with Crippen LogP contribution >= 0.6 is 0 Å². The number of carbonyl (C=O) groups excluding carboxylic acids is 3. The van der Waals surface area contributed by atoms with Crippen LogP contribution in [0.3, 0.4) is 0 Å². The highest BCUT2D eigenvalue weighted by molar-refractivity contribution is 6.00. The summed E-state index contributed by atoms with van der Waals surface area (Å²) in [6.45, 7) is 3.46. The second-order valence-corrected chi connectivity index (χ2v) is 8.55. The van der Waals surface area contributed by atoms with Gasteiger partial charge < -0.3 is 24.2 Å². The highest BCUT2D eigenvalue weighted by Crippen LogP contribution is 2.30. The summed E-state index contributed by atoms with van der Waals surface area (Å²) < 4.78 is 24.9. The van der Waals surface area contributed by atoms with Crippen molar-refractivity contribution in [2.24, 2.45) is 5.92 Å². The van der Waals surface area contributed by atoms with Crippen LogP contribution in [-0.2, 0) is 9.59 Å². The number of benzene rings is 2. The number of amides is 3. The molecule has 9 heteroatoms. The van der Waals surface area contributed by atoms with E-state index < -0.39 is 11.7 Å². The summed E-state index contributed by atoms with van der Waals surface area (Å²) in [7, 11) is 3.04. The minimum atomic E-state index is -0.527. The number of halogens is 1. The van der Waals surface area contributed by atoms with E-state index in [0.717, 1.165) is 5.56 Å². The van der Waals surface area contributed by atoms with Gasteiger partial charge in [0.1, 0.15) is 5.82 Å². The van der Waals surface area contributed by atoms with Gasteiger partial charge in [-0.2, -0.15) is 0 Å². The monoisotopic (exact) mass is 469 g/mol. The average Bonchev–Trinajstić information content (AvgIpc) is 3.23. The number of piperazine rings is 1. The minimum Gasteiger partial charge on any atom is -0.493 e. The fourth-order valence-electron chi connectivity index (χ4n) is 4.48. The van der Waals surface area contributed by atoms with Crippen LogP contribution < -0.4 is 14.4 Å². The first-order valence-electron chi connectivity index (χ1n) is 11.2. The first-order chi connectivity index (χ1) is 16.3. The number of methoxy groups -OCH3 is 2. The molecule has 2 aliphatic heterocycles. The van der Waals surface area contributed by atoms with Crippen molar-refractivity contribution in [3.8, 4) is 11.5 Å². The van der Waals surface area contributed by atoms with E-state index >= 15 is 0 Å². The number of carbonyl (C=O) groups is 3. The number of hydrogen-bond acceptors (Lipinski definition) is 5. The number of nitrogens with zero attached hydrogens (tertiary/aromatic N) is 3. The molecule has 4 rings (SSSR count). The Hall–Kier alpha value is -3.62. The molecule has 2 aromatic rings. The topological polar surface area (TPSA) is 79.4 Å². The van der Waals surface area contributed by atoms with Crippen molar-refractivity contribution in [2.75, 3.05) is 51.8 Å². The fraction of sp³-hybridized carbons (Fsp3) is 0.400. The summed E-state index contributed by atoms with van der Waals surface area (Å²) >= 11 is 0. The zero-order valence-corrected chi connectivity index (χ0v) is 19.5. The fourth-order valence-corrected chi connectivity index (χ4v) is 4.48. The molecule has 0 aliphatic carbocycles. The van der Waals surface area contributed by atoms with Crippen LogP contribution in [0.15, 0.2) is 36.4 Å². The average molecular weight is 470 g/mol. The Morgan fingerprint density at radius 2 is 1.62 bits per heavy atom. The van der Waals surface area contributed by atoms with Gasteiger partial charge in [0.25, 0.3) is 5.91 Å². The van der Waals surface area contributed by atoms with Crippen molar-refractivity contribution >= 4 is 23.4 Å². The predicted molar refractivity (Wildman–Crippen MR) is 124 cm³/mol. The third-order valence-corrected chi connectivity index (χ3v) is 6.38. The molecule has 3 amide bonds. The van der Waals surface area contributed by atoms with E-state index in [1.807, 2.05) is 0 Å². The van der Waals surface area contributed by atoms with Crippen LogP contribution in [0, 0.1) is 18.7 Å². The van der Waals surface area contributed by atoms with Crippen molar-refractivity contribution in [2.45, 2.75) is 13.3 Å². The molecule has 180 valence electrons. The lowest BCUT2D eigenvalue weighted by atomic mass is 10.1. The SMILES string of the molecule is COc1ccc(C(=O)N2CCN(C(=O)C3CC(=O)N(c4ccc(C)cc4F)C3)CC2)cc1OC. The predicted octanol–water partition coefficient (Wildman–Crippen LogP) is 2.49. The van der Waals surface area contributed by atoms with Gasteiger partial charge in [-0.25, -0.2) is 4.39 Å². The van der Waals surface area contributed by atoms with Gasteiger partial charge in [-0.15, -0.1) is 0 Å². The molecule has 2 fully saturated rings. The maximum atomic E-state index is 14.4. The van der Waals surface area contributed by atoms with E-state index in [1.165, 1.54) is 25.2 Å². The largest absolute Gasteiger partial charge is 0.493 e. The molecule has 8 nitrogen and oxygen atoms in total. The van der Waals surface area contributed by atoms with Gasteiger partial charge in [0, 0.05) is 44.7 Å². The van der Waals surface area contributed by atoms with Crippen LogP contribution in [0.4, 0.5) is 10.1 Å². The van der Waals surface area contributed by atoms with E-state index in [0.29, 0.717) is 43.2 Å². The summed E-state index contributed by atoms with van der Waals surface area (Å²) in [5.41, 5.74) is 1.45. The molecule has 0 spiro atoms. The number of hydrogen-bond donors (Lipinski definition) is 0. The Labute approximate surface area is 197 Å². The Bertz CT molecular complexity index is 1110. The van der Waals surface area contributed by atoms with Gasteiger partial charge in [-0.1, -0.05) is 6.07 Å². The van der Waals surface area contributed by atoms with Crippen LogP contribution in [0.2, 0.25) is 0 Å². The van der Waals surface area contributed by atoms with Crippen molar-refractivity contribution < 1.29 is 28.2 Å². The van der Waals surface area contributed by atoms with Crippen LogP contribution in [0.5, 0.6) is 11.5 Å². The summed E-state index contributed by atoms with van der Waals surface area (Å²) in [5, 5.41) is 0. The molecule has 0 radical (unpaired) electrons. The Kier molecular flexibility index (Phi) is 6.72. The highest BCUT2D eigenvalue weighted by Gasteiger charge is 2.39. The molecular formula is C25H28FN3O5. The minimum absolute atomic E-state index is 0.0525. The standard InChI is InChI=1S/C25H28FN3O5/c1-16-4-6-20(19(26)12-16)29-15-18(14-23(29)30)25(32)28-10-8-27(9-11-28)24(31)17-5-7-21(33-2)22(13-17)34-3/h4-7,12-13,18H,8-11,14-15H2,1-3H3. The third-order valence-electron chi connectivity index (χ3n) is 6.38. The second-order valence-electron chi connectivity index (χ2n) is 8.55. The van der Waals surface area contributed by atoms with Crippen molar-refractivity contribution in [3.05, 3.63) is 53.3 Å². The smallest absolute Gasteiger partial charge is 0.254 e. The summed E-state index contributed by atoms with van der Waals surface area (Å²) in [5.74, 6) is -0.525. The molecule has 2 heterocycles. The van der Waals surface area contributed by atoms with Crippen LogP contribution in [-0.4, -0.2) is 74.5 Å². The lowest BCUT2D eigenvalue weighted by molar-refractivity contribution is -0.137. The maximum Gasteiger partial charge on any atom is 0.254 e. The van der Waals surface area contributed by atoms with Gasteiger partial charge >= 0.3 is 0 Å². The van der Waals surface area contributed by atoms with E-state index in [9.17, 15) is 18.8 Å². The van der Waals surface area contributed by atoms with Crippen molar-refractivity contribution in [1.29, 1.82) is 0 Å². The van der Waals surface area contributed by atoms with E-state index in [4.69, 9.17) is 9.47 Å². The highest BCUT2D eigenvalue weighted by atomic mass is 19.1. The Balaban J connectivity index is 1.36. The lowest BCUT2D eigenvalue weighted by Crippen LogP contribution is -2.52. The van der Waals surface area contributed by atoms with Crippen molar-refractivity contribution in [1.82, 2.24) is 9.80 Å². The third kappa shape index (κ3) is 4.55. The maximum absolute atomic E-state index is 14.4. The first-order valence-corrected chi connectivity index (χ1v) is 11.2. The van der Waals surface area contributed by atoms with E-state index in [2.05, 4.69) is 0 Å². The second kappa shape index (κ2) is 9.70. The molecule has 0 saturated carbocycles. The summed E-state index contributed by atoms with van der Waals surface area (Å²) in [6.07, 6.45) is 0.0525. The summed E-state index contributed by atoms with van der Waals surface area (Å²) in [6, 6.07) is 9.72. The molecule has 2 saturated heterocycles. The zero-order chi connectivity index (χ0) is 24.4. The molecule has 0 aromatic heterocycles. The quantitative estimate of drug-likeness (QED) is 0.672. The molecule has 0 N–H and O–H groups in total. The molecule has 2 aromatic carbocycles. The number of ether oxygens (including phenoxy) is 2. The first kappa shape index (κ1) is 23.5. The van der Waals surface area contributed by atoms with Gasteiger partial charge in [0.05, 0.1) is 25.8 Å². The number of rotatable bonds is 5. The van der Waals surface area contributed by atoms with E-state index in [1.54, 1.807) is 47.1 Å². The van der Waals surface area contributed by atoms with E-state index in [-0.39, 0.29) is 36.4 Å². The molecular weight excluding hydrogens is 441 g/mol. The van der Waals surface area contributed by atoms with Gasteiger partial charge in [-0.3, -0.25) is 14.4 Å². The van der Waals surface area contributed by atoms with Crippen LogP contribution in [0.1, 0.15) is 22.3 Å². The Morgan fingerprint density at radius 1 is 0.941 bits per heavy atom. The normalized spacial score (nSPS) is 18.3.